The van der Waals surface area contributed by atoms with Gasteiger partial charge >= 0.3 is 0 Å². The minimum atomic E-state index is 0.0348. The van der Waals surface area contributed by atoms with Gasteiger partial charge in [-0.3, -0.25) is 9.89 Å². The zero-order valence-electron chi connectivity index (χ0n) is 11.4. The average Bonchev–Trinajstić information content (AvgIpc) is 3.17. The van der Waals surface area contributed by atoms with Crippen molar-refractivity contribution in [3.63, 3.8) is 0 Å². The molecule has 2 aliphatic rings. The van der Waals surface area contributed by atoms with Gasteiger partial charge in [-0.05, 0) is 38.7 Å². The van der Waals surface area contributed by atoms with Crippen molar-refractivity contribution in [3.8, 4) is 0 Å². The Morgan fingerprint density at radius 3 is 3.11 bits per heavy atom. The van der Waals surface area contributed by atoms with E-state index in [2.05, 4.69) is 10.2 Å². The van der Waals surface area contributed by atoms with Crippen molar-refractivity contribution in [1.82, 2.24) is 15.1 Å². The number of rotatable bonds is 4. The average molecular weight is 263 g/mol. The van der Waals surface area contributed by atoms with Gasteiger partial charge in [-0.2, -0.15) is 5.10 Å². The molecule has 0 bridgehead atoms. The number of carbonyl (C=O) groups excluding carboxylic acids is 1. The second kappa shape index (κ2) is 5.33. The van der Waals surface area contributed by atoms with Crippen molar-refractivity contribution in [3.05, 3.63) is 17.5 Å². The van der Waals surface area contributed by atoms with Crippen LogP contribution in [0.3, 0.4) is 0 Å². The summed E-state index contributed by atoms with van der Waals surface area (Å²) < 4.78 is 5.63. The normalized spacial score (nSPS) is 23.6. The van der Waals surface area contributed by atoms with Gasteiger partial charge in [0.1, 0.15) is 5.69 Å². The first-order valence-corrected chi connectivity index (χ1v) is 7.24. The van der Waals surface area contributed by atoms with Gasteiger partial charge in [0.25, 0.3) is 5.91 Å². The highest BCUT2D eigenvalue weighted by Gasteiger charge is 2.29. The van der Waals surface area contributed by atoms with Crippen LogP contribution in [0.1, 0.15) is 54.7 Å². The molecular weight excluding hydrogens is 242 g/mol. The van der Waals surface area contributed by atoms with E-state index in [0.717, 1.165) is 25.1 Å². The third-order valence-corrected chi connectivity index (χ3v) is 3.90. The van der Waals surface area contributed by atoms with Gasteiger partial charge in [0, 0.05) is 31.3 Å². The fourth-order valence-electron chi connectivity index (χ4n) is 2.71. The molecule has 1 aromatic heterocycles. The van der Waals surface area contributed by atoms with E-state index in [1.165, 1.54) is 12.8 Å². The molecule has 1 saturated heterocycles. The minimum Gasteiger partial charge on any atom is -0.377 e. The molecule has 1 saturated carbocycles. The topological polar surface area (TPSA) is 58.2 Å². The Kier molecular flexibility index (Phi) is 3.55. The van der Waals surface area contributed by atoms with Crippen molar-refractivity contribution >= 4 is 5.91 Å². The van der Waals surface area contributed by atoms with Gasteiger partial charge < -0.3 is 9.64 Å². The van der Waals surface area contributed by atoms with Crippen LogP contribution in [0.25, 0.3) is 0 Å². The number of piperidine rings is 1. The molecule has 1 aliphatic carbocycles. The lowest BCUT2D eigenvalue weighted by Crippen LogP contribution is -2.43. The molecule has 0 aromatic carbocycles. The second-order valence-corrected chi connectivity index (χ2v) is 5.45. The highest BCUT2D eigenvalue weighted by Crippen LogP contribution is 2.39. The summed E-state index contributed by atoms with van der Waals surface area (Å²) in [6.45, 7) is 4.21. The lowest BCUT2D eigenvalue weighted by Gasteiger charge is -2.32. The van der Waals surface area contributed by atoms with Crippen LogP contribution in [-0.2, 0) is 4.74 Å². The lowest BCUT2D eigenvalue weighted by atomic mass is 10.1. The Bertz CT molecular complexity index is 451. The summed E-state index contributed by atoms with van der Waals surface area (Å²) in [4.78, 5) is 14.3. The number of carbonyl (C=O) groups is 1. The monoisotopic (exact) mass is 263 g/mol. The number of hydrogen-bond acceptors (Lipinski definition) is 3. The van der Waals surface area contributed by atoms with Crippen molar-refractivity contribution in [2.24, 2.45) is 0 Å². The molecule has 104 valence electrons. The van der Waals surface area contributed by atoms with E-state index in [-0.39, 0.29) is 12.0 Å². The smallest absolute Gasteiger partial charge is 0.274 e. The maximum absolute atomic E-state index is 12.4. The third-order valence-electron chi connectivity index (χ3n) is 3.90. The highest BCUT2D eigenvalue weighted by molar-refractivity contribution is 5.92. The van der Waals surface area contributed by atoms with E-state index >= 15 is 0 Å². The number of likely N-dealkylation sites (tertiary alicyclic amines) is 1. The Labute approximate surface area is 113 Å². The molecular formula is C14H21N3O2. The minimum absolute atomic E-state index is 0.0348. The molecule has 1 amide bonds. The fraction of sp³-hybridized carbons (Fsp3) is 0.714. The molecule has 1 aromatic rings. The maximum atomic E-state index is 12.4. The van der Waals surface area contributed by atoms with E-state index in [0.29, 0.717) is 24.8 Å². The summed E-state index contributed by atoms with van der Waals surface area (Å²) in [6.07, 6.45) is 4.67. The number of nitrogens with zero attached hydrogens (tertiary/aromatic N) is 2. The van der Waals surface area contributed by atoms with E-state index in [9.17, 15) is 4.79 Å². The number of H-pyrrole nitrogens is 1. The van der Waals surface area contributed by atoms with E-state index in [1.807, 2.05) is 17.9 Å². The van der Waals surface area contributed by atoms with Crippen LogP contribution in [-0.4, -0.2) is 46.8 Å². The summed E-state index contributed by atoms with van der Waals surface area (Å²) in [7, 11) is 0. The molecule has 2 fully saturated rings. The van der Waals surface area contributed by atoms with Gasteiger partial charge in [-0.15, -0.1) is 0 Å². The summed E-state index contributed by atoms with van der Waals surface area (Å²) in [5, 5.41) is 7.16. The van der Waals surface area contributed by atoms with Crippen molar-refractivity contribution in [1.29, 1.82) is 0 Å². The lowest BCUT2D eigenvalue weighted by molar-refractivity contribution is 0.00703. The molecule has 1 atom stereocenters. The van der Waals surface area contributed by atoms with Crippen molar-refractivity contribution in [2.45, 2.75) is 44.6 Å². The first kappa shape index (κ1) is 12.7. The van der Waals surface area contributed by atoms with Crippen LogP contribution < -0.4 is 0 Å². The van der Waals surface area contributed by atoms with Crippen LogP contribution in [0.15, 0.2) is 6.07 Å². The largest absolute Gasteiger partial charge is 0.377 e. The zero-order chi connectivity index (χ0) is 13.2. The molecule has 5 nitrogen and oxygen atoms in total. The van der Waals surface area contributed by atoms with Crippen LogP contribution in [0.4, 0.5) is 0 Å². The Hall–Kier alpha value is -1.36. The Balaban J connectivity index is 1.64. The molecule has 19 heavy (non-hydrogen) atoms. The van der Waals surface area contributed by atoms with E-state index in [1.54, 1.807) is 0 Å². The highest BCUT2D eigenvalue weighted by atomic mass is 16.5. The number of aromatic nitrogens is 2. The van der Waals surface area contributed by atoms with Gasteiger partial charge in [0.15, 0.2) is 0 Å². The Morgan fingerprint density at radius 1 is 1.53 bits per heavy atom. The van der Waals surface area contributed by atoms with Crippen molar-refractivity contribution < 1.29 is 9.53 Å². The Morgan fingerprint density at radius 2 is 2.37 bits per heavy atom. The molecule has 2 heterocycles. The zero-order valence-corrected chi connectivity index (χ0v) is 11.4. The van der Waals surface area contributed by atoms with Gasteiger partial charge in [-0.25, -0.2) is 0 Å². The molecule has 1 unspecified atom stereocenters. The van der Waals surface area contributed by atoms with Crippen LogP contribution in [0, 0.1) is 0 Å². The van der Waals surface area contributed by atoms with Gasteiger partial charge in [0.05, 0.1) is 6.10 Å². The van der Waals surface area contributed by atoms with E-state index < -0.39 is 0 Å². The SMILES string of the molecule is CCOC1CCCN(C(=O)c2cc(C3CC3)[nH]n2)C1. The predicted molar refractivity (Wildman–Crippen MR) is 71.1 cm³/mol. The van der Waals surface area contributed by atoms with E-state index in [4.69, 9.17) is 4.74 Å². The summed E-state index contributed by atoms with van der Waals surface area (Å²) in [5.74, 6) is 0.638. The third kappa shape index (κ3) is 2.81. The molecule has 0 radical (unpaired) electrons. The van der Waals surface area contributed by atoms with Gasteiger partial charge in [0.2, 0.25) is 0 Å². The molecule has 5 heteroatoms. The van der Waals surface area contributed by atoms with Crippen LogP contribution in [0.5, 0.6) is 0 Å². The number of aromatic amines is 1. The number of ether oxygens (including phenoxy) is 1. The van der Waals surface area contributed by atoms with Crippen molar-refractivity contribution in [2.75, 3.05) is 19.7 Å². The summed E-state index contributed by atoms with van der Waals surface area (Å²) >= 11 is 0. The number of amides is 1. The number of nitrogens with one attached hydrogen (secondary N) is 1. The predicted octanol–water partition coefficient (Wildman–Crippen LogP) is 1.93. The first-order valence-electron chi connectivity index (χ1n) is 7.24. The number of hydrogen-bond donors (Lipinski definition) is 1. The summed E-state index contributed by atoms with van der Waals surface area (Å²) in [5.41, 5.74) is 1.67. The van der Waals surface area contributed by atoms with Gasteiger partial charge in [-0.1, -0.05) is 0 Å². The molecule has 1 N–H and O–H groups in total. The molecule has 1 aliphatic heterocycles. The molecule has 0 spiro atoms. The first-order chi connectivity index (χ1) is 9.28. The fourth-order valence-corrected chi connectivity index (χ4v) is 2.71. The quantitative estimate of drug-likeness (QED) is 0.903. The standard InChI is InChI=1S/C14H21N3O2/c1-2-19-11-4-3-7-17(9-11)14(18)13-8-12(15-16-13)10-5-6-10/h8,10-11H,2-7,9H2,1H3,(H,15,16). The second-order valence-electron chi connectivity index (χ2n) is 5.45. The maximum Gasteiger partial charge on any atom is 0.274 e. The van der Waals surface area contributed by atoms with Crippen LogP contribution >= 0.6 is 0 Å². The molecule has 3 rings (SSSR count). The summed E-state index contributed by atoms with van der Waals surface area (Å²) in [6, 6.07) is 1.92. The van der Waals surface area contributed by atoms with Crippen LogP contribution in [0.2, 0.25) is 0 Å².